The van der Waals surface area contributed by atoms with Crippen molar-refractivity contribution in [2.45, 2.75) is 25.1 Å². The molecule has 0 aliphatic carbocycles. The maximum Gasteiger partial charge on any atom is 0.471 e. The van der Waals surface area contributed by atoms with Gasteiger partial charge in [0.15, 0.2) is 5.69 Å². The largest absolute Gasteiger partial charge is 0.471 e. The summed E-state index contributed by atoms with van der Waals surface area (Å²) >= 11 is 0. The number of carbonyl (C=O) groups excluding carboxylic acids is 2. The highest BCUT2D eigenvalue weighted by Crippen LogP contribution is 2.28. The Labute approximate surface area is 152 Å². The Morgan fingerprint density at radius 3 is 2.59 bits per heavy atom. The molecule has 144 valence electrons. The second kappa shape index (κ2) is 6.52. The third-order valence-electron chi connectivity index (χ3n) is 5.27. The molecule has 2 bridgehead atoms. The number of amides is 2. The first-order valence-corrected chi connectivity index (χ1v) is 8.71. The summed E-state index contributed by atoms with van der Waals surface area (Å²) < 4.78 is 37.3. The first-order valence-electron chi connectivity index (χ1n) is 8.71. The van der Waals surface area contributed by atoms with Crippen molar-refractivity contribution in [2.24, 2.45) is 5.92 Å². The number of H-pyrrole nitrogens is 1. The molecule has 3 aliphatic heterocycles. The molecule has 7 nitrogen and oxygen atoms in total. The highest BCUT2D eigenvalue weighted by atomic mass is 19.4. The standard InChI is InChI=1S/C17H18F3N5O2/c18-17(19,20)16(27)21-10-1-2-12-11(7-10)14(24-23-12)15(26)22-13-8-25-5-3-9(13)4-6-25/h1-2,7,9,13H,3-6,8H2,(H,21,27)(H,22,26)(H,23,24)/t13-/m1/s1. The van der Waals surface area contributed by atoms with Gasteiger partial charge in [0.2, 0.25) is 0 Å². The van der Waals surface area contributed by atoms with E-state index in [0.717, 1.165) is 32.5 Å². The molecule has 3 fully saturated rings. The van der Waals surface area contributed by atoms with Crippen LogP contribution in [0.1, 0.15) is 23.3 Å². The van der Waals surface area contributed by atoms with E-state index in [1.54, 1.807) is 5.32 Å². The highest BCUT2D eigenvalue weighted by Gasteiger charge is 2.39. The number of rotatable bonds is 3. The Balaban J connectivity index is 1.54. The molecule has 3 N–H and O–H groups in total. The van der Waals surface area contributed by atoms with E-state index in [2.05, 4.69) is 20.4 Å². The summed E-state index contributed by atoms with van der Waals surface area (Å²) in [6.07, 6.45) is -2.90. The Morgan fingerprint density at radius 1 is 1.22 bits per heavy atom. The van der Waals surface area contributed by atoms with Crippen LogP contribution >= 0.6 is 0 Å². The van der Waals surface area contributed by atoms with Crippen LogP contribution in [-0.2, 0) is 4.79 Å². The lowest BCUT2D eigenvalue weighted by molar-refractivity contribution is -0.167. The summed E-state index contributed by atoms with van der Waals surface area (Å²) in [5.41, 5.74) is 0.548. The minimum Gasteiger partial charge on any atom is -0.346 e. The van der Waals surface area contributed by atoms with Crippen LogP contribution < -0.4 is 10.6 Å². The van der Waals surface area contributed by atoms with Gasteiger partial charge in [-0.05, 0) is 50.0 Å². The van der Waals surface area contributed by atoms with Crippen molar-refractivity contribution >= 4 is 28.4 Å². The predicted octanol–water partition coefficient (Wildman–Crippen LogP) is 1.89. The summed E-state index contributed by atoms with van der Waals surface area (Å²) in [5.74, 6) is -2.01. The average Bonchev–Trinajstić information content (AvgIpc) is 3.05. The number of halogens is 3. The fourth-order valence-electron chi connectivity index (χ4n) is 3.83. The number of anilines is 1. The number of fused-ring (bicyclic) bond motifs is 4. The molecule has 4 heterocycles. The van der Waals surface area contributed by atoms with Gasteiger partial charge in [0.05, 0.1) is 5.52 Å². The fraction of sp³-hybridized carbons (Fsp3) is 0.471. The Hall–Kier alpha value is -2.62. The predicted molar refractivity (Wildman–Crippen MR) is 91.2 cm³/mol. The van der Waals surface area contributed by atoms with Crippen molar-refractivity contribution in [3.05, 3.63) is 23.9 Å². The van der Waals surface area contributed by atoms with Gasteiger partial charge in [0, 0.05) is 23.7 Å². The quantitative estimate of drug-likeness (QED) is 0.757. The number of alkyl halides is 3. The number of nitrogens with one attached hydrogen (secondary N) is 3. The van der Waals surface area contributed by atoms with Gasteiger partial charge in [0.1, 0.15) is 0 Å². The zero-order valence-corrected chi connectivity index (χ0v) is 14.3. The minimum absolute atomic E-state index is 0.0415. The topological polar surface area (TPSA) is 90.1 Å². The maximum atomic E-state index is 12.7. The lowest BCUT2D eigenvalue weighted by Gasteiger charge is -2.44. The lowest BCUT2D eigenvalue weighted by atomic mass is 9.84. The average molecular weight is 381 g/mol. The number of carbonyl (C=O) groups is 2. The van der Waals surface area contributed by atoms with Gasteiger partial charge < -0.3 is 15.5 Å². The van der Waals surface area contributed by atoms with Crippen molar-refractivity contribution in [1.29, 1.82) is 0 Å². The van der Waals surface area contributed by atoms with Gasteiger partial charge in [-0.25, -0.2) is 0 Å². The van der Waals surface area contributed by atoms with E-state index in [0.29, 0.717) is 16.8 Å². The second-order valence-electron chi connectivity index (χ2n) is 7.00. The molecule has 0 spiro atoms. The van der Waals surface area contributed by atoms with Gasteiger partial charge in [0.25, 0.3) is 5.91 Å². The number of aromatic amines is 1. The van der Waals surface area contributed by atoms with Crippen molar-refractivity contribution in [3.8, 4) is 0 Å². The Kier molecular flexibility index (Phi) is 4.29. The third kappa shape index (κ3) is 3.48. The summed E-state index contributed by atoms with van der Waals surface area (Å²) in [6.45, 7) is 2.89. The molecular formula is C17H18F3N5O2. The first-order chi connectivity index (χ1) is 12.8. The summed E-state index contributed by atoms with van der Waals surface area (Å²) in [5, 5.41) is 11.8. The lowest BCUT2D eigenvalue weighted by Crippen LogP contribution is -2.57. The van der Waals surface area contributed by atoms with E-state index in [4.69, 9.17) is 0 Å². The first kappa shape index (κ1) is 17.8. The van der Waals surface area contributed by atoms with Crippen LogP contribution in [0.2, 0.25) is 0 Å². The number of nitrogens with zero attached hydrogens (tertiary/aromatic N) is 2. The number of aromatic nitrogens is 2. The molecule has 2 aromatic rings. The van der Waals surface area contributed by atoms with Crippen molar-refractivity contribution < 1.29 is 22.8 Å². The second-order valence-corrected chi connectivity index (χ2v) is 7.00. The highest BCUT2D eigenvalue weighted by molar-refractivity contribution is 6.06. The molecule has 5 rings (SSSR count). The van der Waals surface area contributed by atoms with E-state index in [-0.39, 0.29) is 23.3 Å². The van der Waals surface area contributed by atoms with Crippen LogP contribution in [0.3, 0.4) is 0 Å². The van der Waals surface area contributed by atoms with Gasteiger partial charge >= 0.3 is 12.1 Å². The molecule has 1 aromatic heterocycles. The van der Waals surface area contributed by atoms with Crippen molar-refractivity contribution in [1.82, 2.24) is 20.4 Å². The zero-order valence-electron chi connectivity index (χ0n) is 14.3. The molecule has 0 unspecified atom stereocenters. The molecule has 3 aliphatic rings. The van der Waals surface area contributed by atoms with E-state index in [9.17, 15) is 22.8 Å². The smallest absolute Gasteiger partial charge is 0.346 e. The molecular weight excluding hydrogens is 363 g/mol. The minimum atomic E-state index is -4.98. The van der Waals surface area contributed by atoms with Crippen molar-refractivity contribution in [3.63, 3.8) is 0 Å². The molecule has 10 heteroatoms. The summed E-state index contributed by atoms with van der Waals surface area (Å²) in [7, 11) is 0. The van der Waals surface area contributed by atoms with Crippen LogP contribution in [0.5, 0.6) is 0 Å². The normalized spacial score (nSPS) is 24.8. The van der Waals surface area contributed by atoms with Crippen molar-refractivity contribution in [2.75, 3.05) is 25.0 Å². The van der Waals surface area contributed by atoms with E-state index in [1.807, 2.05) is 0 Å². The van der Waals surface area contributed by atoms with Crippen LogP contribution in [0, 0.1) is 5.92 Å². The SMILES string of the molecule is O=C(N[C@@H]1CN2CCC1CC2)c1n[nH]c2ccc(NC(=O)C(F)(F)F)cc12. The monoisotopic (exact) mass is 381 g/mol. The van der Waals surface area contributed by atoms with E-state index >= 15 is 0 Å². The maximum absolute atomic E-state index is 12.7. The van der Waals surface area contributed by atoms with E-state index < -0.39 is 12.1 Å². The fourth-order valence-corrected chi connectivity index (χ4v) is 3.83. The Bertz CT molecular complexity index is 886. The van der Waals surface area contributed by atoms with Crippen LogP contribution in [0.4, 0.5) is 18.9 Å². The molecule has 0 radical (unpaired) electrons. The zero-order chi connectivity index (χ0) is 19.2. The number of hydrogen-bond donors (Lipinski definition) is 3. The summed E-state index contributed by atoms with van der Waals surface area (Å²) in [4.78, 5) is 26.1. The van der Waals surface area contributed by atoms with Crippen LogP contribution in [0.25, 0.3) is 10.9 Å². The van der Waals surface area contributed by atoms with Gasteiger partial charge in [-0.3, -0.25) is 14.7 Å². The Morgan fingerprint density at radius 2 is 1.96 bits per heavy atom. The molecule has 27 heavy (non-hydrogen) atoms. The molecule has 2 amide bonds. The van der Waals surface area contributed by atoms with Gasteiger partial charge in [-0.2, -0.15) is 18.3 Å². The number of hydrogen-bond acceptors (Lipinski definition) is 4. The molecule has 1 atom stereocenters. The van der Waals surface area contributed by atoms with Gasteiger partial charge in [-0.1, -0.05) is 0 Å². The number of piperidine rings is 3. The number of benzene rings is 1. The van der Waals surface area contributed by atoms with Gasteiger partial charge in [-0.15, -0.1) is 0 Å². The molecule has 0 saturated carbocycles. The molecule has 3 saturated heterocycles. The van der Waals surface area contributed by atoms with Crippen LogP contribution in [0.15, 0.2) is 18.2 Å². The summed E-state index contributed by atoms with van der Waals surface area (Å²) in [6, 6.07) is 4.15. The third-order valence-corrected chi connectivity index (χ3v) is 5.27. The van der Waals surface area contributed by atoms with E-state index in [1.165, 1.54) is 18.2 Å². The molecule has 1 aromatic carbocycles. The van der Waals surface area contributed by atoms with Crippen LogP contribution in [-0.4, -0.2) is 58.8 Å².